The highest BCUT2D eigenvalue weighted by Gasteiger charge is 2.35. The summed E-state index contributed by atoms with van der Waals surface area (Å²) in [7, 11) is 0. The van der Waals surface area contributed by atoms with E-state index in [-0.39, 0.29) is 22.9 Å². The summed E-state index contributed by atoms with van der Waals surface area (Å²) in [6.45, 7) is 1.66. The summed E-state index contributed by atoms with van der Waals surface area (Å²) < 4.78 is 7.51. The Morgan fingerprint density at radius 2 is 2.09 bits per heavy atom. The molecule has 0 spiro atoms. The molecule has 2 aliphatic heterocycles. The molecule has 0 saturated carbocycles. The van der Waals surface area contributed by atoms with Crippen LogP contribution in [0.2, 0.25) is 5.22 Å². The van der Waals surface area contributed by atoms with Crippen molar-refractivity contribution >= 4 is 17.5 Å². The molecule has 0 bridgehead atoms. The van der Waals surface area contributed by atoms with Gasteiger partial charge in [-0.25, -0.2) is 0 Å². The van der Waals surface area contributed by atoms with Crippen LogP contribution in [0.15, 0.2) is 16.5 Å². The van der Waals surface area contributed by atoms with Gasteiger partial charge in [0, 0.05) is 19.5 Å². The van der Waals surface area contributed by atoms with E-state index in [1.54, 1.807) is 12.1 Å². The number of rotatable bonds is 2. The van der Waals surface area contributed by atoms with Crippen LogP contribution in [-0.2, 0) is 13.0 Å². The number of halogens is 1. The zero-order valence-corrected chi connectivity index (χ0v) is 13.6. The van der Waals surface area contributed by atoms with Crippen LogP contribution in [0.1, 0.15) is 60.3 Å². The van der Waals surface area contributed by atoms with Crippen molar-refractivity contribution in [2.45, 2.75) is 51.1 Å². The molecule has 4 heterocycles. The molecule has 2 aliphatic rings. The van der Waals surface area contributed by atoms with Crippen LogP contribution in [-0.4, -0.2) is 32.1 Å². The van der Waals surface area contributed by atoms with Crippen molar-refractivity contribution < 1.29 is 9.21 Å². The van der Waals surface area contributed by atoms with Gasteiger partial charge in [-0.1, -0.05) is 6.42 Å². The van der Waals surface area contributed by atoms with Gasteiger partial charge in [-0.15, -0.1) is 10.2 Å². The predicted octanol–water partition coefficient (Wildman–Crippen LogP) is 3.23. The highest BCUT2D eigenvalue weighted by Crippen LogP contribution is 2.33. The summed E-state index contributed by atoms with van der Waals surface area (Å²) in [6, 6.07) is 3.21. The zero-order valence-electron chi connectivity index (χ0n) is 12.9. The van der Waals surface area contributed by atoms with Crippen LogP contribution in [0.5, 0.6) is 0 Å². The molecule has 2 aromatic heterocycles. The van der Waals surface area contributed by atoms with Crippen molar-refractivity contribution in [2.24, 2.45) is 0 Å². The fraction of sp³-hybridized carbons (Fsp3) is 0.562. The van der Waals surface area contributed by atoms with Gasteiger partial charge in [-0.05, 0) is 49.4 Å². The van der Waals surface area contributed by atoms with Gasteiger partial charge in [0.25, 0.3) is 5.91 Å². The van der Waals surface area contributed by atoms with E-state index in [1.807, 2.05) is 4.90 Å². The van der Waals surface area contributed by atoms with Crippen LogP contribution in [0.25, 0.3) is 0 Å². The Balaban J connectivity index is 1.63. The summed E-state index contributed by atoms with van der Waals surface area (Å²) in [4.78, 5) is 14.6. The number of hydrogen-bond acceptors (Lipinski definition) is 4. The van der Waals surface area contributed by atoms with Crippen molar-refractivity contribution in [3.63, 3.8) is 0 Å². The van der Waals surface area contributed by atoms with E-state index in [1.165, 1.54) is 6.42 Å². The molecule has 122 valence electrons. The number of nitrogens with zero attached hydrogens (tertiary/aromatic N) is 4. The lowest BCUT2D eigenvalue weighted by molar-refractivity contribution is 0.0694. The minimum absolute atomic E-state index is 0.0225. The molecule has 1 saturated heterocycles. The molecule has 0 N–H and O–H groups in total. The Bertz CT molecular complexity index is 723. The first-order chi connectivity index (χ1) is 11.2. The Labute approximate surface area is 139 Å². The maximum absolute atomic E-state index is 12.7. The Morgan fingerprint density at radius 3 is 2.91 bits per heavy atom. The number of aryl methyl sites for hydroxylation is 1. The normalized spacial score (nSPS) is 21.3. The SMILES string of the molecule is O=C(c1ccc(Cl)o1)N1CCC[C@H]1c1nnc2n1CCCCC2. The van der Waals surface area contributed by atoms with Gasteiger partial charge in [0.2, 0.25) is 0 Å². The first-order valence-corrected chi connectivity index (χ1v) is 8.60. The quantitative estimate of drug-likeness (QED) is 0.845. The molecular weight excluding hydrogens is 316 g/mol. The average Bonchev–Trinajstić information content (AvgIpc) is 3.23. The molecule has 1 atom stereocenters. The van der Waals surface area contributed by atoms with Crippen molar-refractivity contribution in [1.82, 2.24) is 19.7 Å². The zero-order chi connectivity index (χ0) is 15.8. The number of carbonyl (C=O) groups is 1. The molecule has 0 aliphatic carbocycles. The molecule has 0 radical (unpaired) electrons. The predicted molar refractivity (Wildman–Crippen MR) is 84.3 cm³/mol. The van der Waals surface area contributed by atoms with Crippen molar-refractivity contribution in [1.29, 1.82) is 0 Å². The van der Waals surface area contributed by atoms with E-state index in [0.29, 0.717) is 6.54 Å². The van der Waals surface area contributed by atoms with Crippen molar-refractivity contribution in [3.05, 3.63) is 34.8 Å². The second-order valence-electron chi connectivity index (χ2n) is 6.20. The molecule has 1 fully saturated rings. The van der Waals surface area contributed by atoms with Crippen molar-refractivity contribution in [3.8, 4) is 0 Å². The van der Waals surface area contributed by atoms with Gasteiger partial charge in [0.15, 0.2) is 16.8 Å². The first kappa shape index (κ1) is 14.8. The maximum Gasteiger partial charge on any atom is 0.290 e. The number of carbonyl (C=O) groups excluding carboxylic acids is 1. The molecular formula is C16H19ClN4O2. The van der Waals surface area contributed by atoms with E-state index < -0.39 is 0 Å². The van der Waals surface area contributed by atoms with E-state index in [4.69, 9.17) is 16.0 Å². The third-order valence-corrected chi connectivity index (χ3v) is 4.94. The summed E-state index contributed by atoms with van der Waals surface area (Å²) >= 11 is 5.80. The topological polar surface area (TPSA) is 64.2 Å². The van der Waals surface area contributed by atoms with Crippen molar-refractivity contribution in [2.75, 3.05) is 6.54 Å². The molecule has 1 amide bonds. The largest absolute Gasteiger partial charge is 0.440 e. The summed E-state index contributed by atoms with van der Waals surface area (Å²) in [5.41, 5.74) is 0. The fourth-order valence-corrected chi connectivity index (χ4v) is 3.75. The number of furan rings is 1. The summed E-state index contributed by atoms with van der Waals surface area (Å²) in [5.74, 6) is 2.14. The minimum Gasteiger partial charge on any atom is -0.440 e. The number of likely N-dealkylation sites (tertiary alicyclic amines) is 1. The standard InChI is InChI=1S/C16H19ClN4O2/c17-13-8-7-12(23-13)16(22)20-10-4-5-11(20)15-19-18-14-6-2-1-3-9-21(14)15/h7-8,11H,1-6,9-10H2/t11-/m0/s1. The highest BCUT2D eigenvalue weighted by atomic mass is 35.5. The van der Waals surface area contributed by atoms with Gasteiger partial charge in [0.1, 0.15) is 5.82 Å². The lowest BCUT2D eigenvalue weighted by atomic mass is 10.2. The minimum atomic E-state index is -0.120. The lowest BCUT2D eigenvalue weighted by Gasteiger charge is -2.23. The van der Waals surface area contributed by atoms with Gasteiger partial charge >= 0.3 is 0 Å². The monoisotopic (exact) mass is 334 g/mol. The number of hydrogen-bond donors (Lipinski definition) is 0. The van der Waals surface area contributed by atoms with E-state index in [9.17, 15) is 4.79 Å². The molecule has 0 unspecified atom stereocenters. The molecule has 7 heteroatoms. The lowest BCUT2D eigenvalue weighted by Crippen LogP contribution is -2.32. The molecule has 2 aromatic rings. The fourth-order valence-electron chi connectivity index (χ4n) is 3.60. The summed E-state index contributed by atoms with van der Waals surface area (Å²) in [5, 5.41) is 9.01. The first-order valence-electron chi connectivity index (χ1n) is 8.22. The average molecular weight is 335 g/mol. The van der Waals surface area contributed by atoms with E-state index >= 15 is 0 Å². The second-order valence-corrected chi connectivity index (χ2v) is 6.57. The Morgan fingerprint density at radius 1 is 1.17 bits per heavy atom. The molecule has 23 heavy (non-hydrogen) atoms. The van der Waals surface area contributed by atoms with Gasteiger partial charge in [-0.2, -0.15) is 0 Å². The third-order valence-electron chi connectivity index (χ3n) is 4.73. The van der Waals surface area contributed by atoms with E-state index in [2.05, 4.69) is 14.8 Å². The molecule has 6 nitrogen and oxygen atoms in total. The molecule has 4 rings (SSSR count). The van der Waals surface area contributed by atoms with Crippen LogP contribution in [0, 0.1) is 0 Å². The Kier molecular flexibility index (Phi) is 3.85. The Hall–Kier alpha value is -1.82. The third kappa shape index (κ3) is 2.65. The number of fused-ring (bicyclic) bond motifs is 1. The highest BCUT2D eigenvalue weighted by molar-refractivity contribution is 6.29. The van der Waals surface area contributed by atoms with E-state index in [0.717, 1.165) is 50.3 Å². The maximum atomic E-state index is 12.7. The van der Waals surface area contributed by atoms with Crippen LogP contribution in [0.3, 0.4) is 0 Å². The van der Waals surface area contributed by atoms with Gasteiger partial charge in [0.05, 0.1) is 6.04 Å². The molecule has 0 aromatic carbocycles. The van der Waals surface area contributed by atoms with Crippen LogP contribution < -0.4 is 0 Å². The number of amides is 1. The van der Waals surface area contributed by atoms with Gasteiger partial charge in [-0.3, -0.25) is 4.79 Å². The van der Waals surface area contributed by atoms with Crippen LogP contribution >= 0.6 is 11.6 Å². The smallest absolute Gasteiger partial charge is 0.290 e. The van der Waals surface area contributed by atoms with Gasteiger partial charge < -0.3 is 13.9 Å². The summed E-state index contributed by atoms with van der Waals surface area (Å²) in [6.07, 6.45) is 6.39. The second kappa shape index (κ2) is 6.00. The van der Waals surface area contributed by atoms with Crippen LogP contribution in [0.4, 0.5) is 0 Å². The number of aromatic nitrogens is 3.